The summed E-state index contributed by atoms with van der Waals surface area (Å²) in [5, 5.41) is 18.4. The van der Waals surface area contributed by atoms with Crippen molar-refractivity contribution in [3.05, 3.63) is 54.7 Å². The van der Waals surface area contributed by atoms with Gasteiger partial charge in [0.05, 0.1) is 29.6 Å². The number of nitrogens with zero attached hydrogens (tertiary/aromatic N) is 7. The van der Waals surface area contributed by atoms with Crippen LogP contribution in [0.2, 0.25) is 0 Å². The van der Waals surface area contributed by atoms with Crippen LogP contribution in [0, 0.1) is 11.3 Å². The number of aromatic nitrogens is 5. The van der Waals surface area contributed by atoms with E-state index in [9.17, 15) is 5.26 Å². The summed E-state index contributed by atoms with van der Waals surface area (Å²) in [6.45, 7) is 0. The number of ether oxygens (including phenoxy) is 1. The van der Waals surface area contributed by atoms with Gasteiger partial charge in [0.1, 0.15) is 11.9 Å². The second-order valence-electron chi connectivity index (χ2n) is 9.39. The number of methoxy groups -OCH3 is 1. The fourth-order valence-corrected chi connectivity index (χ4v) is 5.75. The zero-order valence-corrected chi connectivity index (χ0v) is 19.4. The first-order valence-corrected chi connectivity index (χ1v) is 11.8. The maximum atomic E-state index is 9.68. The van der Waals surface area contributed by atoms with Gasteiger partial charge in [0.15, 0.2) is 0 Å². The highest BCUT2D eigenvalue weighted by Gasteiger charge is 2.39. The average Bonchev–Trinajstić information content (AvgIpc) is 3.48. The quantitative estimate of drug-likeness (QED) is 0.460. The van der Waals surface area contributed by atoms with Crippen LogP contribution in [0.15, 0.2) is 49.2 Å². The lowest BCUT2D eigenvalue weighted by atomic mass is 9.83. The molecular formula is C26H27N7O. The molecule has 0 N–H and O–H groups in total. The van der Waals surface area contributed by atoms with Crippen molar-refractivity contribution in [1.82, 2.24) is 24.4 Å². The Morgan fingerprint density at radius 2 is 1.82 bits per heavy atom. The molecule has 0 unspecified atom stereocenters. The summed E-state index contributed by atoms with van der Waals surface area (Å²) in [6.07, 6.45) is 15.4. The third-order valence-corrected chi connectivity index (χ3v) is 7.36. The number of rotatable bonds is 4. The lowest BCUT2D eigenvalue weighted by Gasteiger charge is -2.49. The monoisotopic (exact) mass is 453 g/mol. The van der Waals surface area contributed by atoms with Crippen LogP contribution in [0.4, 0.5) is 5.82 Å². The Kier molecular flexibility index (Phi) is 5.07. The van der Waals surface area contributed by atoms with E-state index < -0.39 is 0 Å². The first-order valence-electron chi connectivity index (χ1n) is 11.8. The van der Waals surface area contributed by atoms with Gasteiger partial charge in [-0.2, -0.15) is 15.5 Å². The van der Waals surface area contributed by atoms with Crippen molar-refractivity contribution < 1.29 is 4.74 Å². The van der Waals surface area contributed by atoms with Crippen LogP contribution in [0.1, 0.15) is 37.7 Å². The van der Waals surface area contributed by atoms with E-state index in [1.807, 2.05) is 38.9 Å². The lowest BCUT2D eigenvalue weighted by molar-refractivity contribution is 0.0459. The summed E-state index contributed by atoms with van der Waals surface area (Å²) >= 11 is 0. The van der Waals surface area contributed by atoms with Gasteiger partial charge in [-0.25, -0.2) is 9.50 Å². The number of hydrogen-bond donors (Lipinski definition) is 0. The topological polar surface area (TPSA) is 84.3 Å². The van der Waals surface area contributed by atoms with E-state index in [0.717, 1.165) is 46.4 Å². The first kappa shape index (κ1) is 20.9. The normalized spacial score (nSPS) is 22.1. The van der Waals surface area contributed by atoms with E-state index in [4.69, 9.17) is 9.72 Å². The molecule has 0 radical (unpaired) electrons. The van der Waals surface area contributed by atoms with Gasteiger partial charge in [0.2, 0.25) is 0 Å². The maximum Gasteiger partial charge on any atom is 0.129 e. The summed E-state index contributed by atoms with van der Waals surface area (Å²) in [5.41, 5.74) is 5.23. The molecule has 6 heterocycles. The minimum absolute atomic E-state index is 0.348. The smallest absolute Gasteiger partial charge is 0.129 e. The Morgan fingerprint density at radius 3 is 2.47 bits per heavy atom. The number of pyridine rings is 2. The molecule has 2 aliphatic rings. The molecule has 2 fully saturated rings. The summed E-state index contributed by atoms with van der Waals surface area (Å²) in [5.74, 6) is 1.03. The standard InChI is InChI=1S/C26H27N7O/c1-31-15-20(14-29-31)18-8-24(26-19(11-27)13-30-32(26)16-18)17-6-7-25(28-12-17)33-21-4-3-5-22(33)10-23(9-21)34-2/h6-8,12-16,21-23H,3-5,9-10H2,1-2H3/t21-,22+,23+. The van der Waals surface area contributed by atoms with Crippen LogP contribution in [-0.2, 0) is 11.8 Å². The Hall–Kier alpha value is -3.70. The van der Waals surface area contributed by atoms with Gasteiger partial charge in [-0.15, -0.1) is 0 Å². The van der Waals surface area contributed by atoms with Gasteiger partial charge >= 0.3 is 0 Å². The molecule has 6 rings (SSSR count). The maximum absolute atomic E-state index is 9.68. The molecule has 4 aromatic rings. The van der Waals surface area contributed by atoms with Gasteiger partial charge in [-0.1, -0.05) is 0 Å². The van der Waals surface area contributed by atoms with Crippen molar-refractivity contribution in [2.75, 3.05) is 12.0 Å². The van der Waals surface area contributed by atoms with E-state index in [1.165, 1.54) is 19.3 Å². The summed E-state index contributed by atoms with van der Waals surface area (Å²) in [4.78, 5) is 7.44. The van der Waals surface area contributed by atoms with Crippen molar-refractivity contribution in [3.8, 4) is 28.3 Å². The number of fused-ring (bicyclic) bond motifs is 3. The van der Waals surface area contributed by atoms with Crippen LogP contribution in [0.5, 0.6) is 0 Å². The molecule has 2 bridgehead atoms. The van der Waals surface area contributed by atoms with Gasteiger partial charge in [-0.3, -0.25) is 4.68 Å². The Morgan fingerprint density at radius 1 is 1.00 bits per heavy atom. The van der Waals surface area contributed by atoms with Crippen molar-refractivity contribution in [2.45, 2.75) is 50.3 Å². The van der Waals surface area contributed by atoms with Crippen molar-refractivity contribution in [3.63, 3.8) is 0 Å². The number of piperidine rings is 2. The zero-order valence-electron chi connectivity index (χ0n) is 19.4. The summed E-state index contributed by atoms with van der Waals surface area (Å²) < 4.78 is 9.27. The van der Waals surface area contributed by atoms with Crippen LogP contribution >= 0.6 is 0 Å². The first-order chi connectivity index (χ1) is 16.6. The van der Waals surface area contributed by atoms with Crippen LogP contribution < -0.4 is 4.90 Å². The van der Waals surface area contributed by atoms with E-state index in [2.05, 4.69) is 39.4 Å². The molecule has 2 saturated heterocycles. The molecule has 172 valence electrons. The summed E-state index contributed by atoms with van der Waals surface area (Å²) in [6, 6.07) is 9.60. The van der Waals surface area contributed by atoms with E-state index in [-0.39, 0.29) is 0 Å². The van der Waals surface area contributed by atoms with Crippen LogP contribution in [0.25, 0.3) is 27.8 Å². The van der Waals surface area contributed by atoms with Gasteiger partial charge in [0.25, 0.3) is 0 Å². The van der Waals surface area contributed by atoms with Crippen molar-refractivity contribution >= 4 is 11.3 Å². The highest BCUT2D eigenvalue weighted by atomic mass is 16.5. The number of hydrogen-bond acceptors (Lipinski definition) is 6. The number of aryl methyl sites for hydroxylation is 1. The molecule has 0 aromatic carbocycles. The molecule has 2 aliphatic heterocycles. The SMILES string of the molecule is CO[C@H]1C[C@H]2CCC[C@@H](C1)N2c1ccc(-c2cc(-c3cnn(C)c3)cn3ncc(C#N)c23)cn1. The second kappa shape index (κ2) is 8.26. The minimum Gasteiger partial charge on any atom is -0.381 e. The minimum atomic E-state index is 0.348. The average molecular weight is 454 g/mol. The fraction of sp³-hybridized carbons (Fsp3) is 0.385. The third-order valence-electron chi connectivity index (χ3n) is 7.36. The zero-order chi connectivity index (χ0) is 23.2. The Bertz CT molecular complexity index is 1370. The third kappa shape index (κ3) is 3.44. The van der Waals surface area contributed by atoms with Gasteiger partial charge < -0.3 is 9.64 Å². The molecule has 3 atom stereocenters. The highest BCUT2D eigenvalue weighted by molar-refractivity contribution is 5.87. The van der Waals surface area contributed by atoms with E-state index in [1.54, 1.807) is 15.4 Å². The molecule has 0 aliphatic carbocycles. The van der Waals surface area contributed by atoms with E-state index >= 15 is 0 Å². The fourth-order valence-electron chi connectivity index (χ4n) is 5.75. The van der Waals surface area contributed by atoms with Crippen molar-refractivity contribution in [1.29, 1.82) is 5.26 Å². The molecule has 8 heteroatoms. The number of anilines is 1. The van der Waals surface area contributed by atoms with Gasteiger partial charge in [0, 0.05) is 67.1 Å². The number of nitriles is 1. The predicted molar refractivity (Wildman–Crippen MR) is 129 cm³/mol. The molecule has 8 nitrogen and oxygen atoms in total. The second-order valence-corrected chi connectivity index (χ2v) is 9.39. The molecule has 0 amide bonds. The molecule has 34 heavy (non-hydrogen) atoms. The highest BCUT2D eigenvalue weighted by Crippen LogP contribution is 2.39. The van der Waals surface area contributed by atoms with E-state index in [0.29, 0.717) is 23.8 Å². The molecule has 0 spiro atoms. The van der Waals surface area contributed by atoms with Crippen molar-refractivity contribution in [2.24, 2.45) is 7.05 Å². The Labute approximate surface area is 198 Å². The Balaban J connectivity index is 1.41. The molecule has 0 saturated carbocycles. The molecular weight excluding hydrogens is 426 g/mol. The largest absolute Gasteiger partial charge is 0.381 e. The van der Waals surface area contributed by atoms with Crippen LogP contribution in [0.3, 0.4) is 0 Å². The van der Waals surface area contributed by atoms with Crippen LogP contribution in [-0.4, -0.2) is 49.7 Å². The molecule has 4 aromatic heterocycles. The lowest BCUT2D eigenvalue weighted by Crippen LogP contribution is -2.54. The summed E-state index contributed by atoms with van der Waals surface area (Å²) in [7, 11) is 3.73. The predicted octanol–water partition coefficient (Wildman–Crippen LogP) is 4.20. The van der Waals surface area contributed by atoms with Gasteiger partial charge in [-0.05, 0) is 50.3 Å².